The second-order valence-electron chi connectivity index (χ2n) is 6.72. The van der Waals surface area contributed by atoms with Crippen molar-refractivity contribution in [1.82, 2.24) is 14.9 Å². The lowest BCUT2D eigenvalue weighted by molar-refractivity contribution is 0.326. The maximum atomic E-state index is 6.22. The van der Waals surface area contributed by atoms with Gasteiger partial charge in [0.2, 0.25) is 5.95 Å². The van der Waals surface area contributed by atoms with Crippen LogP contribution in [0.2, 0.25) is 0 Å². The molecule has 0 saturated carbocycles. The summed E-state index contributed by atoms with van der Waals surface area (Å²) in [5.74, 6) is 2.38. The van der Waals surface area contributed by atoms with E-state index in [1.165, 1.54) is 5.70 Å². The zero-order valence-corrected chi connectivity index (χ0v) is 15.8. The number of rotatable bonds is 4. The molecule has 1 saturated heterocycles. The van der Waals surface area contributed by atoms with Crippen LogP contribution in [0.15, 0.2) is 36.1 Å². The highest BCUT2D eigenvalue weighted by Gasteiger charge is 2.21. The van der Waals surface area contributed by atoms with Crippen molar-refractivity contribution in [2.45, 2.75) is 12.8 Å². The van der Waals surface area contributed by atoms with Crippen LogP contribution in [0.25, 0.3) is 10.9 Å². The average Bonchev–Trinajstić information content (AvgIpc) is 2.73. The van der Waals surface area contributed by atoms with Crippen molar-refractivity contribution < 1.29 is 9.47 Å². The predicted molar refractivity (Wildman–Crippen MR) is 107 cm³/mol. The Morgan fingerprint density at radius 3 is 2.30 bits per heavy atom. The van der Waals surface area contributed by atoms with Crippen molar-refractivity contribution >= 4 is 22.7 Å². The number of hydrogen-bond acceptors (Lipinski definition) is 7. The molecular formula is C20H25N5O2. The number of allylic oxidation sites excluding steroid dienone is 3. The van der Waals surface area contributed by atoms with Gasteiger partial charge in [-0.1, -0.05) is 12.2 Å². The number of piperazine rings is 1. The molecule has 0 radical (unpaired) electrons. The van der Waals surface area contributed by atoms with E-state index in [1.807, 2.05) is 12.1 Å². The molecule has 0 unspecified atom stereocenters. The van der Waals surface area contributed by atoms with Crippen molar-refractivity contribution in [1.29, 1.82) is 0 Å². The predicted octanol–water partition coefficient (Wildman–Crippen LogP) is 2.59. The molecule has 0 atom stereocenters. The Bertz CT molecular complexity index is 901. The van der Waals surface area contributed by atoms with Crippen molar-refractivity contribution in [3.63, 3.8) is 0 Å². The smallest absolute Gasteiger partial charge is 0.228 e. The number of nitrogen functional groups attached to an aromatic ring is 1. The van der Waals surface area contributed by atoms with Gasteiger partial charge < -0.3 is 25.0 Å². The van der Waals surface area contributed by atoms with Gasteiger partial charge in [-0.05, 0) is 25.0 Å². The fourth-order valence-electron chi connectivity index (χ4n) is 3.61. The van der Waals surface area contributed by atoms with Gasteiger partial charge in [-0.15, -0.1) is 0 Å². The minimum Gasteiger partial charge on any atom is -0.493 e. The molecule has 2 aromatic rings. The maximum absolute atomic E-state index is 6.22. The number of benzene rings is 1. The molecule has 2 aliphatic rings. The van der Waals surface area contributed by atoms with E-state index < -0.39 is 0 Å². The van der Waals surface area contributed by atoms with Gasteiger partial charge in [-0.2, -0.15) is 4.98 Å². The molecule has 1 aromatic carbocycles. The number of ether oxygens (including phenoxy) is 2. The Hall–Kier alpha value is -2.96. The van der Waals surface area contributed by atoms with E-state index >= 15 is 0 Å². The third-order valence-corrected chi connectivity index (χ3v) is 5.12. The molecule has 1 fully saturated rings. The number of methoxy groups -OCH3 is 2. The molecule has 1 aromatic heterocycles. The summed E-state index contributed by atoms with van der Waals surface area (Å²) in [5, 5.41) is 0.771. The summed E-state index contributed by atoms with van der Waals surface area (Å²) in [6.45, 7) is 3.62. The highest BCUT2D eigenvalue weighted by molar-refractivity contribution is 5.91. The highest BCUT2D eigenvalue weighted by atomic mass is 16.5. The van der Waals surface area contributed by atoms with E-state index in [-0.39, 0.29) is 0 Å². The molecule has 4 rings (SSSR count). The standard InChI is InChI=1S/C20H25N5O2/c1-26-17-12-15-16(13-18(17)27-2)22-20(23-19(15)21)25-10-8-24(9-11-25)14-6-4-3-5-7-14/h4,6-7,12-13H,3,5,8-11H2,1-2H3,(H2,21,22,23). The van der Waals surface area contributed by atoms with Gasteiger partial charge in [0.05, 0.1) is 19.7 Å². The van der Waals surface area contributed by atoms with Gasteiger partial charge >= 0.3 is 0 Å². The van der Waals surface area contributed by atoms with Crippen LogP contribution >= 0.6 is 0 Å². The largest absolute Gasteiger partial charge is 0.493 e. The first-order valence-corrected chi connectivity index (χ1v) is 9.25. The number of fused-ring (bicyclic) bond motifs is 1. The van der Waals surface area contributed by atoms with Crippen LogP contribution in [0, 0.1) is 0 Å². The van der Waals surface area contributed by atoms with Crippen LogP contribution in [-0.4, -0.2) is 55.3 Å². The maximum Gasteiger partial charge on any atom is 0.228 e. The van der Waals surface area contributed by atoms with Gasteiger partial charge in [-0.25, -0.2) is 4.98 Å². The molecule has 1 aliphatic carbocycles. The Balaban J connectivity index is 1.57. The number of aromatic nitrogens is 2. The molecule has 0 bridgehead atoms. The second kappa shape index (κ2) is 7.34. The van der Waals surface area contributed by atoms with Gasteiger partial charge in [0.25, 0.3) is 0 Å². The Labute approximate surface area is 159 Å². The van der Waals surface area contributed by atoms with E-state index in [9.17, 15) is 0 Å². The molecule has 0 spiro atoms. The van der Waals surface area contributed by atoms with Crippen LogP contribution in [0.5, 0.6) is 11.5 Å². The fourth-order valence-corrected chi connectivity index (χ4v) is 3.61. The number of hydrogen-bond donors (Lipinski definition) is 1. The van der Waals surface area contributed by atoms with E-state index in [2.05, 4.69) is 33.0 Å². The quantitative estimate of drug-likeness (QED) is 0.890. The highest BCUT2D eigenvalue weighted by Crippen LogP contribution is 2.34. The summed E-state index contributed by atoms with van der Waals surface area (Å²) >= 11 is 0. The zero-order chi connectivity index (χ0) is 18.8. The molecule has 142 valence electrons. The van der Waals surface area contributed by atoms with E-state index in [1.54, 1.807) is 14.2 Å². The van der Waals surface area contributed by atoms with Crippen molar-refractivity contribution in [2.24, 2.45) is 0 Å². The minimum atomic E-state index is 0.455. The molecule has 7 nitrogen and oxygen atoms in total. The van der Waals surface area contributed by atoms with Crippen LogP contribution in [0.1, 0.15) is 12.8 Å². The molecule has 7 heteroatoms. The molecule has 0 amide bonds. The van der Waals surface area contributed by atoms with E-state index in [0.29, 0.717) is 23.3 Å². The lowest BCUT2D eigenvalue weighted by Gasteiger charge is -2.37. The summed E-state index contributed by atoms with van der Waals surface area (Å²) in [4.78, 5) is 13.9. The SMILES string of the molecule is COc1cc2nc(N3CCN(C4=CCCC=C4)CC3)nc(N)c2cc1OC. The van der Waals surface area contributed by atoms with Gasteiger partial charge in [0.15, 0.2) is 11.5 Å². The monoisotopic (exact) mass is 367 g/mol. The van der Waals surface area contributed by atoms with Crippen molar-refractivity contribution in [3.8, 4) is 11.5 Å². The second-order valence-corrected chi connectivity index (χ2v) is 6.72. The van der Waals surface area contributed by atoms with Gasteiger partial charge in [-0.3, -0.25) is 0 Å². The number of nitrogens with zero attached hydrogens (tertiary/aromatic N) is 4. The Morgan fingerprint density at radius 1 is 0.926 bits per heavy atom. The van der Waals surface area contributed by atoms with Crippen LogP contribution in [0.3, 0.4) is 0 Å². The Kier molecular flexibility index (Phi) is 4.75. The van der Waals surface area contributed by atoms with E-state index in [0.717, 1.165) is 49.9 Å². The zero-order valence-electron chi connectivity index (χ0n) is 15.8. The third kappa shape index (κ3) is 3.37. The van der Waals surface area contributed by atoms with E-state index in [4.69, 9.17) is 20.2 Å². The summed E-state index contributed by atoms with van der Waals surface area (Å²) in [6, 6.07) is 3.68. The first kappa shape index (κ1) is 17.5. The van der Waals surface area contributed by atoms with Crippen molar-refractivity contribution in [2.75, 3.05) is 51.0 Å². The summed E-state index contributed by atoms with van der Waals surface area (Å²) in [7, 11) is 3.22. The first-order valence-electron chi connectivity index (χ1n) is 9.25. The average molecular weight is 367 g/mol. The molecular weight excluding hydrogens is 342 g/mol. The normalized spacial score (nSPS) is 17.2. The lowest BCUT2D eigenvalue weighted by atomic mass is 10.1. The summed E-state index contributed by atoms with van der Waals surface area (Å²) < 4.78 is 10.7. The molecule has 27 heavy (non-hydrogen) atoms. The molecule has 2 N–H and O–H groups in total. The molecule has 1 aliphatic heterocycles. The first-order chi connectivity index (χ1) is 13.2. The number of nitrogens with two attached hydrogens (primary N) is 1. The fraction of sp³-hybridized carbons (Fsp3) is 0.400. The van der Waals surface area contributed by atoms with Crippen LogP contribution < -0.4 is 20.1 Å². The van der Waals surface area contributed by atoms with Crippen LogP contribution in [0.4, 0.5) is 11.8 Å². The topological polar surface area (TPSA) is 76.7 Å². The third-order valence-electron chi connectivity index (χ3n) is 5.12. The van der Waals surface area contributed by atoms with Gasteiger partial charge in [0, 0.05) is 43.3 Å². The Morgan fingerprint density at radius 2 is 1.63 bits per heavy atom. The molecule has 2 heterocycles. The van der Waals surface area contributed by atoms with Gasteiger partial charge in [0.1, 0.15) is 5.82 Å². The van der Waals surface area contributed by atoms with Crippen LogP contribution in [-0.2, 0) is 0 Å². The number of anilines is 2. The minimum absolute atomic E-state index is 0.455. The van der Waals surface area contributed by atoms with Crippen molar-refractivity contribution in [3.05, 3.63) is 36.1 Å². The lowest BCUT2D eigenvalue weighted by Crippen LogP contribution is -2.46. The summed E-state index contributed by atoms with van der Waals surface area (Å²) in [6.07, 6.45) is 9.06. The summed E-state index contributed by atoms with van der Waals surface area (Å²) in [5.41, 5.74) is 8.31.